The lowest BCUT2D eigenvalue weighted by Crippen LogP contribution is -2.33. The van der Waals surface area contributed by atoms with Crippen molar-refractivity contribution in [3.63, 3.8) is 0 Å². The molecule has 2 rings (SSSR count). The van der Waals surface area contributed by atoms with Gasteiger partial charge >= 0.3 is 0 Å². The summed E-state index contributed by atoms with van der Waals surface area (Å²) in [7, 11) is -3.70. The summed E-state index contributed by atoms with van der Waals surface area (Å²) in [6, 6.07) is 1.84. The minimum Gasteiger partial charge on any atom is -0.296 e. The molecule has 0 radical (unpaired) electrons. The van der Waals surface area contributed by atoms with Gasteiger partial charge < -0.3 is 0 Å². The van der Waals surface area contributed by atoms with Crippen LogP contribution in [0.3, 0.4) is 0 Å². The number of amides is 1. The Kier molecular flexibility index (Phi) is 3.88. The molecular formula is C12H20N4O3S. The van der Waals surface area contributed by atoms with Gasteiger partial charge in [-0.05, 0) is 12.8 Å². The van der Waals surface area contributed by atoms with Gasteiger partial charge in [-0.3, -0.25) is 9.69 Å². The van der Waals surface area contributed by atoms with Gasteiger partial charge in [0.05, 0.1) is 12.2 Å². The second-order valence-electron chi connectivity index (χ2n) is 5.54. The van der Waals surface area contributed by atoms with E-state index in [9.17, 15) is 13.2 Å². The Hall–Kier alpha value is -1.41. The van der Waals surface area contributed by atoms with Crippen LogP contribution in [0.2, 0.25) is 0 Å². The van der Waals surface area contributed by atoms with Crippen molar-refractivity contribution in [1.82, 2.24) is 9.78 Å². The van der Waals surface area contributed by atoms with Crippen LogP contribution < -0.4 is 10.0 Å². The van der Waals surface area contributed by atoms with E-state index < -0.39 is 15.3 Å². The summed E-state index contributed by atoms with van der Waals surface area (Å²) in [5, 5.41) is 8.54. The summed E-state index contributed by atoms with van der Waals surface area (Å²) >= 11 is 0. The average molecular weight is 300 g/mol. The minimum absolute atomic E-state index is 0.0694. The Morgan fingerprint density at radius 3 is 2.55 bits per heavy atom. The van der Waals surface area contributed by atoms with Gasteiger partial charge in [0, 0.05) is 19.0 Å². The van der Waals surface area contributed by atoms with Gasteiger partial charge in [-0.15, -0.1) is 0 Å². The number of hydrogen-bond acceptors (Lipinski definition) is 4. The van der Waals surface area contributed by atoms with Crippen LogP contribution in [0.4, 0.5) is 5.82 Å². The van der Waals surface area contributed by atoms with Crippen molar-refractivity contribution in [2.24, 2.45) is 11.1 Å². The highest BCUT2D eigenvalue weighted by Crippen LogP contribution is 2.28. The lowest BCUT2D eigenvalue weighted by molar-refractivity contribution is -0.117. The fourth-order valence-electron chi connectivity index (χ4n) is 2.23. The molecule has 8 heteroatoms. The molecule has 0 saturated carbocycles. The smallest absolute Gasteiger partial charge is 0.229 e. The number of aromatic nitrogens is 2. The highest BCUT2D eigenvalue weighted by Gasteiger charge is 2.38. The molecule has 1 saturated heterocycles. The lowest BCUT2D eigenvalue weighted by atomic mass is 10.1. The zero-order chi connectivity index (χ0) is 15.1. The van der Waals surface area contributed by atoms with E-state index >= 15 is 0 Å². The second-order valence-corrected chi connectivity index (χ2v) is 7.38. The van der Waals surface area contributed by atoms with Crippen molar-refractivity contribution >= 4 is 21.7 Å². The van der Waals surface area contributed by atoms with E-state index in [0.717, 1.165) is 0 Å². The zero-order valence-corrected chi connectivity index (χ0v) is 12.7. The first-order valence-corrected chi connectivity index (χ1v) is 8.18. The number of carbonyl (C=O) groups is 1. The van der Waals surface area contributed by atoms with Crippen molar-refractivity contribution in [3.05, 3.63) is 12.3 Å². The number of nitrogens with zero attached hydrogens (tertiary/aromatic N) is 3. The number of hydrogen-bond donors (Lipinski definition) is 1. The summed E-state index contributed by atoms with van der Waals surface area (Å²) in [5.41, 5.74) is 0. The van der Waals surface area contributed by atoms with Crippen molar-refractivity contribution in [2.45, 2.75) is 38.5 Å². The predicted octanol–water partition coefficient (Wildman–Crippen LogP) is 0.494. The van der Waals surface area contributed by atoms with Gasteiger partial charge in [0.1, 0.15) is 11.1 Å². The van der Waals surface area contributed by atoms with Crippen molar-refractivity contribution in [2.75, 3.05) is 11.4 Å². The van der Waals surface area contributed by atoms with Gasteiger partial charge in [-0.25, -0.2) is 18.2 Å². The topological polar surface area (TPSA) is 98.3 Å². The largest absolute Gasteiger partial charge is 0.296 e. The molecule has 1 fully saturated rings. The number of rotatable bonds is 4. The molecule has 1 aromatic heterocycles. The number of anilines is 1. The number of primary sulfonamides is 1. The normalized spacial score (nSPS) is 21.8. The molecule has 112 valence electrons. The fourth-order valence-corrected chi connectivity index (χ4v) is 2.97. The van der Waals surface area contributed by atoms with Crippen LogP contribution in [0.1, 0.15) is 33.2 Å². The molecule has 1 aromatic rings. The van der Waals surface area contributed by atoms with Gasteiger partial charge in [-0.1, -0.05) is 13.8 Å². The maximum atomic E-state index is 12.0. The molecule has 0 aliphatic carbocycles. The fraction of sp³-hybridized carbons (Fsp3) is 0.667. The van der Waals surface area contributed by atoms with E-state index in [0.29, 0.717) is 11.7 Å². The van der Waals surface area contributed by atoms with Crippen molar-refractivity contribution in [3.8, 4) is 0 Å². The molecule has 2 heterocycles. The molecule has 0 spiro atoms. The van der Waals surface area contributed by atoms with Gasteiger partial charge in [0.15, 0.2) is 0 Å². The second kappa shape index (κ2) is 5.17. The van der Waals surface area contributed by atoms with E-state index in [4.69, 9.17) is 5.14 Å². The third-order valence-corrected chi connectivity index (χ3v) is 5.08. The number of sulfonamides is 1. The van der Waals surface area contributed by atoms with Gasteiger partial charge in [-0.2, -0.15) is 5.10 Å². The SMILES string of the molecule is CC(C)C(C)n1nccc1N1CC(S(N)(=O)=O)CC1=O. The predicted molar refractivity (Wildman–Crippen MR) is 75.6 cm³/mol. The van der Waals surface area contributed by atoms with Crippen LogP contribution in [0.5, 0.6) is 0 Å². The lowest BCUT2D eigenvalue weighted by Gasteiger charge is -2.23. The summed E-state index contributed by atoms with van der Waals surface area (Å²) in [6.07, 6.45) is 1.55. The Balaban J connectivity index is 2.30. The summed E-state index contributed by atoms with van der Waals surface area (Å²) in [5.74, 6) is 0.740. The Morgan fingerprint density at radius 2 is 2.05 bits per heavy atom. The summed E-state index contributed by atoms with van der Waals surface area (Å²) in [6.45, 7) is 6.23. The highest BCUT2D eigenvalue weighted by molar-refractivity contribution is 7.89. The maximum absolute atomic E-state index is 12.0. The molecular weight excluding hydrogens is 280 g/mol. The summed E-state index contributed by atoms with van der Waals surface area (Å²) in [4.78, 5) is 13.5. The maximum Gasteiger partial charge on any atom is 0.229 e. The number of carbonyl (C=O) groups excluding carboxylic acids is 1. The van der Waals surface area contributed by atoms with Gasteiger partial charge in [0.25, 0.3) is 0 Å². The summed E-state index contributed by atoms with van der Waals surface area (Å²) < 4.78 is 24.6. The average Bonchev–Trinajstić information content (AvgIpc) is 2.92. The van der Waals surface area contributed by atoms with Gasteiger partial charge in [0.2, 0.25) is 15.9 Å². The molecule has 20 heavy (non-hydrogen) atoms. The first-order chi connectivity index (χ1) is 9.21. The molecule has 2 atom stereocenters. The quantitative estimate of drug-likeness (QED) is 0.875. The van der Waals surface area contributed by atoms with Crippen LogP contribution in [-0.2, 0) is 14.8 Å². The first-order valence-electron chi connectivity index (χ1n) is 6.57. The molecule has 7 nitrogen and oxygen atoms in total. The monoisotopic (exact) mass is 300 g/mol. The molecule has 1 aliphatic heterocycles. The molecule has 2 N–H and O–H groups in total. The van der Waals surface area contributed by atoms with Crippen LogP contribution >= 0.6 is 0 Å². The number of nitrogens with two attached hydrogens (primary N) is 1. The van der Waals surface area contributed by atoms with Crippen LogP contribution in [-0.4, -0.2) is 35.9 Å². The Morgan fingerprint density at radius 1 is 1.40 bits per heavy atom. The Labute approximate surface area is 118 Å². The van der Waals surface area contributed by atoms with E-state index in [2.05, 4.69) is 18.9 Å². The molecule has 0 aromatic carbocycles. The zero-order valence-electron chi connectivity index (χ0n) is 11.9. The third kappa shape index (κ3) is 2.71. The standard InChI is InChI=1S/C12H20N4O3S/c1-8(2)9(3)16-11(4-5-14-16)15-7-10(6-12(15)17)20(13,18)19/h4-5,8-10H,6-7H2,1-3H3,(H2,13,18,19). The molecule has 2 unspecified atom stereocenters. The van der Waals surface area contributed by atoms with E-state index in [1.54, 1.807) is 16.9 Å². The Bertz CT molecular complexity index is 608. The van der Waals surface area contributed by atoms with Crippen LogP contribution in [0.25, 0.3) is 0 Å². The van der Waals surface area contributed by atoms with E-state index in [-0.39, 0.29) is 24.9 Å². The molecule has 1 aliphatic rings. The van der Waals surface area contributed by atoms with E-state index in [1.807, 2.05) is 6.92 Å². The van der Waals surface area contributed by atoms with E-state index in [1.165, 1.54) is 4.90 Å². The third-order valence-electron chi connectivity index (χ3n) is 3.83. The van der Waals surface area contributed by atoms with Crippen LogP contribution in [0, 0.1) is 5.92 Å². The minimum atomic E-state index is -3.70. The first kappa shape index (κ1) is 15.0. The van der Waals surface area contributed by atoms with Crippen molar-refractivity contribution in [1.29, 1.82) is 0 Å². The van der Waals surface area contributed by atoms with Crippen LogP contribution in [0.15, 0.2) is 12.3 Å². The molecule has 0 bridgehead atoms. The molecule has 1 amide bonds. The highest BCUT2D eigenvalue weighted by atomic mass is 32.2. The van der Waals surface area contributed by atoms with Crippen molar-refractivity contribution < 1.29 is 13.2 Å².